The van der Waals surface area contributed by atoms with Crippen LogP contribution in [0, 0.1) is 11.8 Å². The number of hydrogen-bond acceptors (Lipinski definition) is 7. The molecule has 37 heavy (non-hydrogen) atoms. The van der Waals surface area contributed by atoms with Crippen molar-refractivity contribution in [2.24, 2.45) is 11.8 Å². The molecule has 0 aliphatic carbocycles. The second-order valence-electron chi connectivity index (χ2n) is 10.1. The van der Waals surface area contributed by atoms with Crippen LogP contribution in [0.3, 0.4) is 0 Å². The van der Waals surface area contributed by atoms with Gasteiger partial charge in [0.2, 0.25) is 5.88 Å². The Morgan fingerprint density at radius 2 is 1.95 bits per heavy atom. The summed E-state index contributed by atoms with van der Waals surface area (Å²) in [5, 5.41) is 10.1. The average Bonchev–Trinajstić information content (AvgIpc) is 3.19. The van der Waals surface area contributed by atoms with Crippen LogP contribution in [0.2, 0.25) is 5.02 Å². The van der Waals surface area contributed by atoms with E-state index in [1.54, 1.807) is 13.3 Å². The zero-order valence-corrected chi connectivity index (χ0v) is 22.9. The number of carboxylic acid groups (broad SMARTS) is 1. The summed E-state index contributed by atoms with van der Waals surface area (Å²) in [6, 6.07) is 9.81. The van der Waals surface area contributed by atoms with Gasteiger partial charge in [0.1, 0.15) is 11.9 Å². The van der Waals surface area contributed by atoms with Gasteiger partial charge in [-0.05, 0) is 30.7 Å². The number of piperidine rings is 1. The summed E-state index contributed by atoms with van der Waals surface area (Å²) in [5.74, 6) is 1.01. The first-order chi connectivity index (χ1) is 17.8. The fourth-order valence-corrected chi connectivity index (χ4v) is 5.67. The van der Waals surface area contributed by atoms with E-state index >= 15 is 0 Å². The fraction of sp³-hybridized carbons (Fsp3) is 0.571. The maximum Gasteiger partial charge on any atom is 0.305 e. The van der Waals surface area contributed by atoms with Gasteiger partial charge in [0.05, 0.1) is 36.5 Å². The highest BCUT2D eigenvalue weighted by atomic mass is 35.5. The van der Waals surface area contributed by atoms with E-state index in [4.69, 9.17) is 25.8 Å². The van der Waals surface area contributed by atoms with Crippen molar-refractivity contribution < 1.29 is 24.1 Å². The summed E-state index contributed by atoms with van der Waals surface area (Å²) in [6.07, 6.45) is 3.65. The van der Waals surface area contributed by atoms with Crippen molar-refractivity contribution in [2.75, 3.05) is 43.2 Å². The molecule has 2 saturated heterocycles. The summed E-state index contributed by atoms with van der Waals surface area (Å²) >= 11 is 6.41. The molecule has 0 bridgehead atoms. The molecule has 4 rings (SSSR count). The fourth-order valence-electron chi connectivity index (χ4n) is 5.45. The predicted molar refractivity (Wildman–Crippen MR) is 145 cm³/mol. The molecule has 8 nitrogen and oxygen atoms in total. The van der Waals surface area contributed by atoms with Gasteiger partial charge in [-0.15, -0.1) is 0 Å². The lowest BCUT2D eigenvalue weighted by molar-refractivity contribution is -0.137. The van der Waals surface area contributed by atoms with E-state index in [1.165, 1.54) is 0 Å². The molecule has 3 heterocycles. The Balaban J connectivity index is 1.39. The molecule has 2 aromatic rings. The van der Waals surface area contributed by atoms with Gasteiger partial charge in [0.25, 0.3) is 0 Å². The number of pyridine rings is 1. The van der Waals surface area contributed by atoms with Crippen molar-refractivity contribution in [3.8, 4) is 11.6 Å². The highest BCUT2D eigenvalue weighted by Gasteiger charge is 2.40. The summed E-state index contributed by atoms with van der Waals surface area (Å²) in [5.41, 5.74) is 1.93. The first-order valence-corrected chi connectivity index (χ1v) is 13.5. The van der Waals surface area contributed by atoms with E-state index in [1.807, 2.05) is 30.3 Å². The maximum absolute atomic E-state index is 11.6. The second-order valence-corrected chi connectivity index (χ2v) is 10.5. The Bertz CT molecular complexity index is 1050. The monoisotopic (exact) mass is 531 g/mol. The molecule has 1 N–H and O–H groups in total. The third kappa shape index (κ3) is 6.41. The SMILES string of the molecule is CCCO[C@H]1CN(c2ccc(OC3CCN(c4cc(OC)ncc4Cl)CC3C)cc2)[C@@H](CC(=O)O)[C@@H]1C. The highest BCUT2D eigenvalue weighted by Crippen LogP contribution is 2.36. The molecule has 1 aromatic carbocycles. The van der Waals surface area contributed by atoms with Gasteiger partial charge in [0, 0.05) is 62.3 Å². The van der Waals surface area contributed by atoms with Crippen molar-refractivity contribution in [2.45, 2.75) is 58.3 Å². The van der Waals surface area contributed by atoms with Crippen molar-refractivity contribution >= 4 is 28.9 Å². The Kier molecular flexibility index (Phi) is 9.03. The van der Waals surface area contributed by atoms with E-state index in [-0.39, 0.29) is 30.6 Å². The standard InChI is InChI=1S/C28H38ClN3O5/c1-5-12-36-26-17-32(23(19(26)3)14-28(33)34)20-6-8-21(9-7-20)37-25-10-11-31(16-18(25)2)24-13-27(35-4)30-15-22(24)29/h6-9,13,15,18-19,23,25-26H,5,10-12,14,16-17H2,1-4H3,(H,33,34)/t18?,19-,23-,25?,26-/m0/s1. The van der Waals surface area contributed by atoms with E-state index in [0.29, 0.717) is 30.0 Å². The largest absolute Gasteiger partial charge is 0.490 e. The molecular formula is C28H38ClN3O5. The quantitative estimate of drug-likeness (QED) is 0.451. The van der Waals surface area contributed by atoms with E-state index in [9.17, 15) is 9.90 Å². The van der Waals surface area contributed by atoms with E-state index in [0.717, 1.165) is 43.1 Å². The molecule has 9 heteroatoms. The topological polar surface area (TPSA) is 84.4 Å². The molecule has 2 fully saturated rings. The molecule has 202 valence electrons. The van der Waals surface area contributed by atoms with Gasteiger partial charge in [-0.3, -0.25) is 4.79 Å². The van der Waals surface area contributed by atoms with Crippen LogP contribution in [0.4, 0.5) is 11.4 Å². The first-order valence-electron chi connectivity index (χ1n) is 13.1. The van der Waals surface area contributed by atoms with Crippen molar-refractivity contribution in [3.05, 3.63) is 41.6 Å². The van der Waals surface area contributed by atoms with Crippen molar-refractivity contribution in [1.29, 1.82) is 0 Å². The Morgan fingerprint density at radius 3 is 2.59 bits per heavy atom. The molecule has 0 spiro atoms. The smallest absolute Gasteiger partial charge is 0.305 e. The number of aliphatic carboxylic acids is 1. The zero-order chi connectivity index (χ0) is 26.5. The number of rotatable bonds is 10. The number of nitrogens with zero attached hydrogens (tertiary/aromatic N) is 3. The lowest BCUT2D eigenvalue weighted by Crippen LogP contribution is -2.44. The third-order valence-electron chi connectivity index (χ3n) is 7.53. The van der Waals surface area contributed by atoms with Crippen molar-refractivity contribution in [3.63, 3.8) is 0 Å². The lowest BCUT2D eigenvalue weighted by atomic mass is 9.96. The van der Waals surface area contributed by atoms with Crippen molar-refractivity contribution in [1.82, 2.24) is 4.98 Å². The number of carbonyl (C=O) groups is 1. The predicted octanol–water partition coefficient (Wildman–Crippen LogP) is 5.13. The summed E-state index contributed by atoms with van der Waals surface area (Å²) in [4.78, 5) is 20.2. The van der Waals surface area contributed by atoms with Gasteiger partial charge in [0.15, 0.2) is 0 Å². The molecular weight excluding hydrogens is 494 g/mol. The Morgan fingerprint density at radius 1 is 1.19 bits per heavy atom. The molecule has 1 aromatic heterocycles. The van der Waals surface area contributed by atoms with Gasteiger partial charge >= 0.3 is 5.97 Å². The number of benzene rings is 1. The second kappa shape index (κ2) is 12.2. The molecule has 2 aliphatic heterocycles. The van der Waals surface area contributed by atoms with Gasteiger partial charge in [-0.25, -0.2) is 4.98 Å². The van der Waals surface area contributed by atoms with Crippen LogP contribution in [-0.2, 0) is 9.53 Å². The zero-order valence-electron chi connectivity index (χ0n) is 22.1. The third-order valence-corrected chi connectivity index (χ3v) is 7.82. The number of hydrogen-bond donors (Lipinski definition) is 1. The Labute approximate surface area is 224 Å². The molecule has 5 atom stereocenters. The number of carboxylic acids is 1. The minimum atomic E-state index is -0.787. The maximum atomic E-state index is 11.6. The van der Waals surface area contributed by atoms with Crippen LogP contribution in [-0.4, -0.2) is 67.7 Å². The summed E-state index contributed by atoms with van der Waals surface area (Å²) in [6.45, 7) is 9.38. The van der Waals surface area contributed by atoms with Crippen LogP contribution in [0.1, 0.15) is 40.0 Å². The average molecular weight is 532 g/mol. The number of ether oxygens (including phenoxy) is 3. The van der Waals surface area contributed by atoms with E-state index < -0.39 is 5.97 Å². The number of halogens is 1. The first kappa shape index (κ1) is 27.3. The lowest BCUT2D eigenvalue weighted by Gasteiger charge is -2.38. The highest BCUT2D eigenvalue weighted by molar-refractivity contribution is 6.33. The van der Waals surface area contributed by atoms with Crippen LogP contribution in [0.5, 0.6) is 11.6 Å². The van der Waals surface area contributed by atoms with Crippen LogP contribution < -0.4 is 19.3 Å². The summed E-state index contributed by atoms with van der Waals surface area (Å²) in [7, 11) is 1.60. The molecule has 0 saturated carbocycles. The van der Waals surface area contributed by atoms with Gasteiger partial charge < -0.3 is 29.1 Å². The summed E-state index contributed by atoms with van der Waals surface area (Å²) < 4.78 is 17.7. The number of aromatic nitrogens is 1. The Hall–Kier alpha value is -2.71. The molecule has 2 unspecified atom stereocenters. The molecule has 0 radical (unpaired) electrons. The van der Waals surface area contributed by atoms with E-state index in [2.05, 4.69) is 35.6 Å². The van der Waals surface area contributed by atoms with Crippen LogP contribution in [0.25, 0.3) is 0 Å². The minimum absolute atomic E-state index is 0.0279. The van der Waals surface area contributed by atoms with Crippen LogP contribution in [0.15, 0.2) is 36.5 Å². The normalized spacial score (nSPS) is 25.8. The van der Waals surface area contributed by atoms with Gasteiger partial charge in [-0.1, -0.05) is 32.4 Å². The molecule has 0 amide bonds. The van der Waals surface area contributed by atoms with Gasteiger partial charge in [-0.2, -0.15) is 0 Å². The number of anilines is 2. The van der Waals surface area contributed by atoms with Crippen LogP contribution >= 0.6 is 11.6 Å². The number of methoxy groups -OCH3 is 1. The molecule has 2 aliphatic rings. The minimum Gasteiger partial charge on any atom is -0.490 e.